The number of hydrogen-bond acceptors (Lipinski definition) is 3. The van der Waals surface area contributed by atoms with E-state index in [0.29, 0.717) is 18.7 Å². The maximum atomic E-state index is 12.3. The van der Waals surface area contributed by atoms with Crippen LogP contribution in [0.5, 0.6) is 0 Å². The third-order valence-electron chi connectivity index (χ3n) is 15.5. The van der Waals surface area contributed by atoms with Crippen LogP contribution in [0.4, 0.5) is 0 Å². The summed E-state index contributed by atoms with van der Waals surface area (Å²) in [4.78, 5) is 24.5. The van der Waals surface area contributed by atoms with Crippen molar-refractivity contribution in [1.82, 2.24) is 5.32 Å². The molecule has 0 aliphatic heterocycles. The number of carbonyl (C=O) groups is 2. The normalized spacial score (nSPS) is 12.2. The number of Topliss-reactive ketones (excluding diaryl/α,β-unsaturated/α-hetero) is 1. The maximum absolute atomic E-state index is 12.3. The van der Waals surface area contributed by atoms with Crippen LogP contribution in [0, 0.1) is 0 Å². The second kappa shape index (κ2) is 62.1. The molecule has 1 unspecified atom stereocenters. The van der Waals surface area contributed by atoms with Crippen molar-refractivity contribution in [2.24, 2.45) is 0 Å². The third kappa shape index (κ3) is 61.1. The first-order valence-corrected chi connectivity index (χ1v) is 32.7. The Hall–Kier alpha value is -1.16. The molecule has 416 valence electrons. The minimum atomic E-state index is -0.391. The molecule has 4 heteroatoms. The van der Waals surface area contributed by atoms with Gasteiger partial charge in [0.2, 0.25) is 5.91 Å². The lowest BCUT2D eigenvalue weighted by Crippen LogP contribution is -2.31. The fourth-order valence-electron chi connectivity index (χ4n) is 10.5. The molecule has 1 amide bonds. The van der Waals surface area contributed by atoms with E-state index in [-0.39, 0.29) is 5.91 Å². The number of carbonyl (C=O) groups excluding carboxylic acids is 2. The van der Waals surface area contributed by atoms with Crippen molar-refractivity contribution in [3.05, 3.63) is 12.2 Å². The molecule has 0 aliphatic rings. The average molecular weight is 985 g/mol. The van der Waals surface area contributed by atoms with Crippen LogP contribution in [0.15, 0.2) is 12.2 Å². The molecule has 0 fully saturated rings. The van der Waals surface area contributed by atoms with Crippen molar-refractivity contribution in [3.8, 4) is 0 Å². The molecule has 0 saturated heterocycles. The van der Waals surface area contributed by atoms with E-state index in [1.165, 1.54) is 315 Å². The van der Waals surface area contributed by atoms with Gasteiger partial charge in [-0.1, -0.05) is 328 Å². The van der Waals surface area contributed by atoms with Gasteiger partial charge in [-0.3, -0.25) is 9.59 Å². The molecular weight excluding hydrogens is 855 g/mol. The van der Waals surface area contributed by atoms with Crippen LogP contribution in [0.25, 0.3) is 0 Å². The van der Waals surface area contributed by atoms with Crippen molar-refractivity contribution in [2.75, 3.05) is 6.54 Å². The number of nitrogens with one attached hydrogen (secondary N) is 1. The molecular formula is C66H129NO3. The highest BCUT2D eigenvalue weighted by atomic mass is 16.3. The van der Waals surface area contributed by atoms with Crippen LogP contribution in [-0.2, 0) is 9.59 Å². The Kier molecular flexibility index (Phi) is 61.1. The molecule has 0 heterocycles. The Morgan fingerprint density at radius 1 is 0.314 bits per heavy atom. The number of amides is 1. The number of ketones is 1. The van der Waals surface area contributed by atoms with Gasteiger partial charge in [-0.05, 0) is 51.4 Å². The van der Waals surface area contributed by atoms with Gasteiger partial charge in [0.05, 0.1) is 6.10 Å². The number of hydrogen-bond donors (Lipinski definition) is 2. The number of aliphatic hydroxyl groups is 1. The van der Waals surface area contributed by atoms with Crippen molar-refractivity contribution < 1.29 is 14.7 Å². The second-order valence-electron chi connectivity index (χ2n) is 22.8. The summed E-state index contributed by atoms with van der Waals surface area (Å²) in [5.74, 6) is 0.630. The SMILES string of the molecule is CCCCCCCC/C=C\CCCCCCCC(=O)CCCCCCCCCCCCCCCCCCCCCCCCCCCCCC(=O)NCC(O)CCCCCCCCCCCCCCCC. The van der Waals surface area contributed by atoms with E-state index in [2.05, 4.69) is 31.3 Å². The number of unbranched alkanes of at least 4 members (excludes halogenated alkanes) is 50. The summed E-state index contributed by atoms with van der Waals surface area (Å²) >= 11 is 0. The van der Waals surface area contributed by atoms with Gasteiger partial charge >= 0.3 is 0 Å². The summed E-state index contributed by atoms with van der Waals surface area (Å²) in [6.45, 7) is 4.99. The highest BCUT2D eigenvalue weighted by Gasteiger charge is 2.08. The largest absolute Gasteiger partial charge is 0.391 e. The molecule has 0 saturated carbocycles. The van der Waals surface area contributed by atoms with Crippen LogP contribution in [0.1, 0.15) is 386 Å². The van der Waals surface area contributed by atoms with Gasteiger partial charge in [0, 0.05) is 25.8 Å². The van der Waals surface area contributed by atoms with Gasteiger partial charge in [-0.2, -0.15) is 0 Å². The van der Waals surface area contributed by atoms with Gasteiger partial charge in [0.1, 0.15) is 5.78 Å². The van der Waals surface area contributed by atoms with E-state index in [1.807, 2.05) is 0 Å². The first-order chi connectivity index (χ1) is 34.6. The molecule has 2 N–H and O–H groups in total. The number of aliphatic hydroxyl groups excluding tert-OH is 1. The summed E-state index contributed by atoms with van der Waals surface area (Å²) in [5, 5.41) is 13.3. The minimum absolute atomic E-state index is 0.116. The molecule has 0 spiro atoms. The summed E-state index contributed by atoms with van der Waals surface area (Å²) in [6, 6.07) is 0. The molecule has 0 aromatic carbocycles. The fourth-order valence-corrected chi connectivity index (χ4v) is 10.5. The van der Waals surface area contributed by atoms with Crippen molar-refractivity contribution >= 4 is 11.7 Å². The lowest BCUT2D eigenvalue weighted by molar-refractivity contribution is -0.121. The lowest BCUT2D eigenvalue weighted by Gasteiger charge is -2.12. The quantitative estimate of drug-likeness (QED) is 0.0471. The summed E-state index contributed by atoms with van der Waals surface area (Å²) < 4.78 is 0. The first-order valence-electron chi connectivity index (χ1n) is 32.7. The highest BCUT2D eigenvalue weighted by molar-refractivity contribution is 5.78. The van der Waals surface area contributed by atoms with Gasteiger partial charge in [-0.15, -0.1) is 0 Å². The second-order valence-corrected chi connectivity index (χ2v) is 22.8. The smallest absolute Gasteiger partial charge is 0.220 e. The maximum Gasteiger partial charge on any atom is 0.220 e. The zero-order chi connectivity index (χ0) is 50.6. The van der Waals surface area contributed by atoms with E-state index in [0.717, 1.165) is 51.4 Å². The number of rotatable bonds is 62. The Balaban J connectivity index is 3.23. The van der Waals surface area contributed by atoms with Crippen molar-refractivity contribution in [1.29, 1.82) is 0 Å². The van der Waals surface area contributed by atoms with Gasteiger partial charge in [0.25, 0.3) is 0 Å². The molecule has 0 rings (SSSR count). The molecule has 0 bridgehead atoms. The van der Waals surface area contributed by atoms with E-state index >= 15 is 0 Å². The van der Waals surface area contributed by atoms with Crippen molar-refractivity contribution in [3.63, 3.8) is 0 Å². The van der Waals surface area contributed by atoms with Crippen LogP contribution >= 0.6 is 0 Å². The Bertz CT molecular complexity index is 1020. The standard InChI is InChI=1S/C66H129NO3/c1-3-5-7-9-11-13-15-17-32-36-39-43-47-51-55-59-64(68)60-56-52-48-44-40-37-33-30-28-26-24-22-20-19-21-23-25-27-29-31-34-38-42-46-50-54-58-62-66(70)67-63-65(69)61-57-53-49-45-41-35-18-16-14-12-10-8-6-4-2/h17,32,65,69H,3-16,18-31,33-63H2,1-2H3,(H,67,70)/b32-17-. The highest BCUT2D eigenvalue weighted by Crippen LogP contribution is 2.19. The molecule has 4 nitrogen and oxygen atoms in total. The van der Waals surface area contributed by atoms with Gasteiger partial charge in [0.15, 0.2) is 0 Å². The zero-order valence-electron chi connectivity index (χ0n) is 48.2. The molecule has 0 aromatic rings. The monoisotopic (exact) mass is 984 g/mol. The van der Waals surface area contributed by atoms with Gasteiger partial charge in [-0.25, -0.2) is 0 Å². The van der Waals surface area contributed by atoms with Crippen molar-refractivity contribution in [2.45, 2.75) is 392 Å². The average Bonchev–Trinajstić information content (AvgIpc) is 3.36. The van der Waals surface area contributed by atoms with E-state index in [1.54, 1.807) is 0 Å². The topological polar surface area (TPSA) is 66.4 Å². The molecule has 0 radical (unpaired) electrons. The number of allylic oxidation sites excluding steroid dienone is 2. The lowest BCUT2D eigenvalue weighted by atomic mass is 10.0. The first kappa shape index (κ1) is 68.8. The van der Waals surface area contributed by atoms with E-state index in [9.17, 15) is 14.7 Å². The fraction of sp³-hybridized carbons (Fsp3) is 0.939. The van der Waals surface area contributed by atoms with Crippen LogP contribution in [0.2, 0.25) is 0 Å². The Morgan fingerprint density at radius 3 is 0.829 bits per heavy atom. The molecule has 70 heavy (non-hydrogen) atoms. The Labute approximate surface area is 440 Å². The predicted octanol–water partition coefficient (Wildman–Crippen LogP) is 22.3. The molecule has 1 atom stereocenters. The molecule has 0 aliphatic carbocycles. The van der Waals surface area contributed by atoms with Gasteiger partial charge < -0.3 is 10.4 Å². The van der Waals surface area contributed by atoms with E-state index < -0.39 is 6.10 Å². The van der Waals surface area contributed by atoms with Crippen LogP contribution in [0.3, 0.4) is 0 Å². The minimum Gasteiger partial charge on any atom is -0.391 e. The predicted molar refractivity (Wildman–Crippen MR) is 312 cm³/mol. The van der Waals surface area contributed by atoms with Crippen LogP contribution < -0.4 is 5.32 Å². The zero-order valence-corrected chi connectivity index (χ0v) is 48.2. The Morgan fingerprint density at radius 2 is 0.543 bits per heavy atom. The summed E-state index contributed by atoms with van der Waals surface area (Å²) in [7, 11) is 0. The molecule has 0 aromatic heterocycles. The third-order valence-corrected chi connectivity index (χ3v) is 15.5. The van der Waals surface area contributed by atoms with E-state index in [4.69, 9.17) is 0 Å². The van der Waals surface area contributed by atoms with Crippen LogP contribution in [-0.4, -0.2) is 29.4 Å². The summed E-state index contributed by atoms with van der Waals surface area (Å²) in [6.07, 6.45) is 80.3. The summed E-state index contributed by atoms with van der Waals surface area (Å²) in [5.41, 5.74) is 0.